The van der Waals surface area contributed by atoms with Crippen LogP contribution in [0, 0.1) is 17.6 Å². The summed E-state index contributed by atoms with van der Waals surface area (Å²) in [6.45, 7) is 1.23. The fourth-order valence-electron chi connectivity index (χ4n) is 2.74. The molecule has 0 aromatic heterocycles. The van der Waals surface area contributed by atoms with E-state index in [-0.39, 0.29) is 17.9 Å². The predicted molar refractivity (Wildman–Crippen MR) is 76.2 cm³/mol. The first-order valence-electron chi connectivity index (χ1n) is 7.27. The average molecular weight is 295 g/mol. The van der Waals surface area contributed by atoms with Crippen LogP contribution in [0.1, 0.15) is 55.8 Å². The molecule has 5 heteroatoms. The van der Waals surface area contributed by atoms with Crippen molar-refractivity contribution in [2.75, 3.05) is 5.32 Å². The molecular formula is C16H19F2NO2. The van der Waals surface area contributed by atoms with Crippen LogP contribution >= 0.6 is 0 Å². The Morgan fingerprint density at radius 2 is 1.71 bits per heavy atom. The van der Waals surface area contributed by atoms with Crippen LogP contribution in [0.2, 0.25) is 0 Å². The fourth-order valence-corrected chi connectivity index (χ4v) is 2.74. The lowest BCUT2D eigenvalue weighted by molar-refractivity contribution is -0.117. The van der Waals surface area contributed by atoms with E-state index in [2.05, 4.69) is 5.32 Å². The Bertz CT molecular complexity index is 528. The second-order valence-corrected chi connectivity index (χ2v) is 5.63. The van der Waals surface area contributed by atoms with Gasteiger partial charge >= 0.3 is 0 Å². The normalized spacial score (nSPS) is 15.8. The van der Waals surface area contributed by atoms with Crippen LogP contribution in [-0.4, -0.2) is 11.7 Å². The molecular weight excluding hydrogens is 276 g/mol. The van der Waals surface area contributed by atoms with Crippen molar-refractivity contribution in [3.63, 3.8) is 0 Å². The highest BCUT2D eigenvalue weighted by Gasteiger charge is 2.20. The number of amides is 1. The van der Waals surface area contributed by atoms with Crippen LogP contribution in [0.25, 0.3) is 0 Å². The van der Waals surface area contributed by atoms with Gasteiger partial charge < -0.3 is 5.32 Å². The van der Waals surface area contributed by atoms with Crippen molar-refractivity contribution < 1.29 is 18.4 Å². The van der Waals surface area contributed by atoms with Crippen molar-refractivity contribution in [3.05, 3.63) is 29.3 Å². The number of benzene rings is 1. The van der Waals surface area contributed by atoms with E-state index in [1.807, 2.05) is 0 Å². The molecule has 1 amide bonds. The highest BCUT2D eigenvalue weighted by Crippen LogP contribution is 2.27. The van der Waals surface area contributed by atoms with E-state index in [0.717, 1.165) is 37.8 Å². The number of Topliss-reactive ketones (excluding diaryl/α,β-unsaturated/α-hetero) is 1. The summed E-state index contributed by atoms with van der Waals surface area (Å²) < 4.78 is 27.6. The first-order valence-corrected chi connectivity index (χ1v) is 7.27. The Balaban J connectivity index is 2.04. The molecule has 0 heterocycles. The summed E-state index contributed by atoms with van der Waals surface area (Å²) in [4.78, 5) is 23.0. The summed E-state index contributed by atoms with van der Waals surface area (Å²) >= 11 is 0. The Morgan fingerprint density at radius 1 is 1.14 bits per heavy atom. The van der Waals surface area contributed by atoms with Crippen LogP contribution in [0.5, 0.6) is 0 Å². The van der Waals surface area contributed by atoms with Crippen molar-refractivity contribution in [3.8, 4) is 0 Å². The van der Waals surface area contributed by atoms with Crippen LogP contribution in [0.15, 0.2) is 12.1 Å². The number of carbonyl (C=O) groups excluding carboxylic acids is 2. The molecule has 1 saturated carbocycles. The molecule has 2 rings (SSSR count). The van der Waals surface area contributed by atoms with Crippen molar-refractivity contribution in [2.45, 2.75) is 45.4 Å². The largest absolute Gasteiger partial charge is 0.321 e. The lowest BCUT2D eigenvalue weighted by Gasteiger charge is -2.21. The fraction of sp³-hybridized carbons (Fsp3) is 0.500. The number of rotatable bonds is 4. The highest BCUT2D eigenvalue weighted by atomic mass is 19.1. The number of ketones is 1. The van der Waals surface area contributed by atoms with Crippen LogP contribution in [0.3, 0.4) is 0 Å². The molecule has 1 fully saturated rings. The average Bonchev–Trinajstić information content (AvgIpc) is 2.43. The number of nitrogens with one attached hydrogen (secondary N) is 1. The summed E-state index contributed by atoms with van der Waals surface area (Å²) in [5.41, 5.74) is -0.518. The zero-order valence-corrected chi connectivity index (χ0v) is 12.0. The molecule has 0 aliphatic heterocycles. The van der Waals surface area contributed by atoms with Gasteiger partial charge in [0.15, 0.2) is 5.78 Å². The van der Waals surface area contributed by atoms with Gasteiger partial charge in [-0.1, -0.05) is 19.3 Å². The summed E-state index contributed by atoms with van der Waals surface area (Å²) in [5, 5.41) is 2.29. The molecule has 0 spiro atoms. The molecule has 1 aliphatic rings. The summed E-state index contributed by atoms with van der Waals surface area (Å²) in [5.74, 6) is -2.35. The van der Waals surface area contributed by atoms with Gasteiger partial charge in [-0.3, -0.25) is 9.59 Å². The third-order valence-corrected chi connectivity index (χ3v) is 3.91. The smallest absolute Gasteiger partial charge is 0.224 e. The molecule has 21 heavy (non-hydrogen) atoms. The molecule has 0 radical (unpaired) electrons. The third kappa shape index (κ3) is 4.09. The number of carbonyl (C=O) groups is 2. The molecule has 1 aromatic carbocycles. The Hall–Kier alpha value is -1.78. The minimum atomic E-state index is -0.919. The van der Waals surface area contributed by atoms with Gasteiger partial charge in [0, 0.05) is 12.0 Å². The summed E-state index contributed by atoms with van der Waals surface area (Å²) in [6.07, 6.45) is 5.66. The van der Waals surface area contributed by atoms with Gasteiger partial charge in [-0.2, -0.15) is 0 Å². The zero-order valence-electron chi connectivity index (χ0n) is 12.0. The van der Waals surface area contributed by atoms with Crippen molar-refractivity contribution in [2.24, 2.45) is 5.92 Å². The van der Waals surface area contributed by atoms with Crippen molar-refractivity contribution in [1.82, 2.24) is 0 Å². The summed E-state index contributed by atoms with van der Waals surface area (Å²) in [7, 11) is 0. The minimum absolute atomic E-state index is 0.0460. The molecule has 1 aliphatic carbocycles. The molecule has 1 N–H and O–H groups in total. The van der Waals surface area contributed by atoms with E-state index < -0.39 is 23.1 Å². The second-order valence-electron chi connectivity index (χ2n) is 5.63. The molecule has 1 aromatic rings. The van der Waals surface area contributed by atoms with Crippen molar-refractivity contribution >= 4 is 17.4 Å². The third-order valence-electron chi connectivity index (χ3n) is 3.91. The summed E-state index contributed by atoms with van der Waals surface area (Å²) in [6, 6.07) is 1.89. The van der Waals surface area contributed by atoms with Gasteiger partial charge in [-0.05, 0) is 37.8 Å². The predicted octanol–water partition coefficient (Wildman–Crippen LogP) is 4.08. The quantitative estimate of drug-likeness (QED) is 0.851. The van der Waals surface area contributed by atoms with E-state index in [1.54, 1.807) is 0 Å². The molecule has 0 unspecified atom stereocenters. The van der Waals surface area contributed by atoms with E-state index in [1.165, 1.54) is 13.3 Å². The molecule has 0 saturated heterocycles. The molecule has 3 nitrogen and oxygen atoms in total. The maximum absolute atomic E-state index is 13.8. The standard InChI is InChI=1S/C16H19F2NO2/c1-10(20)12-8-13(17)16(14(18)9-12)19-15(21)7-11-5-3-2-4-6-11/h8-9,11H,2-7H2,1H3,(H,19,21). The molecule has 114 valence electrons. The van der Waals surface area contributed by atoms with Gasteiger partial charge in [0.2, 0.25) is 5.91 Å². The van der Waals surface area contributed by atoms with Gasteiger partial charge in [0.25, 0.3) is 0 Å². The van der Waals surface area contributed by atoms with Crippen molar-refractivity contribution in [1.29, 1.82) is 0 Å². The van der Waals surface area contributed by atoms with Gasteiger partial charge in [0.05, 0.1) is 0 Å². The Morgan fingerprint density at radius 3 is 2.24 bits per heavy atom. The van der Waals surface area contributed by atoms with Crippen LogP contribution in [-0.2, 0) is 4.79 Å². The SMILES string of the molecule is CC(=O)c1cc(F)c(NC(=O)CC2CCCCC2)c(F)c1. The van der Waals surface area contributed by atoms with Crippen LogP contribution < -0.4 is 5.32 Å². The lowest BCUT2D eigenvalue weighted by atomic mass is 9.87. The second kappa shape index (κ2) is 6.78. The maximum atomic E-state index is 13.8. The minimum Gasteiger partial charge on any atom is -0.321 e. The maximum Gasteiger partial charge on any atom is 0.224 e. The topological polar surface area (TPSA) is 46.2 Å². The van der Waals surface area contributed by atoms with E-state index in [4.69, 9.17) is 0 Å². The number of hydrogen-bond donors (Lipinski definition) is 1. The van der Waals surface area contributed by atoms with Crippen LogP contribution in [0.4, 0.5) is 14.5 Å². The van der Waals surface area contributed by atoms with E-state index >= 15 is 0 Å². The number of anilines is 1. The molecule has 0 atom stereocenters. The van der Waals surface area contributed by atoms with Gasteiger partial charge in [0.1, 0.15) is 17.3 Å². The lowest BCUT2D eigenvalue weighted by Crippen LogP contribution is -2.19. The first kappa shape index (κ1) is 15.6. The Kier molecular flexibility index (Phi) is 5.04. The van der Waals surface area contributed by atoms with Gasteiger partial charge in [-0.25, -0.2) is 8.78 Å². The highest BCUT2D eigenvalue weighted by molar-refractivity contribution is 5.96. The number of hydrogen-bond acceptors (Lipinski definition) is 2. The van der Waals surface area contributed by atoms with E-state index in [9.17, 15) is 18.4 Å². The van der Waals surface area contributed by atoms with E-state index in [0.29, 0.717) is 5.92 Å². The Labute approximate surface area is 122 Å². The zero-order chi connectivity index (χ0) is 15.4. The first-order chi connectivity index (χ1) is 9.97. The molecule has 0 bridgehead atoms. The monoisotopic (exact) mass is 295 g/mol. The van der Waals surface area contributed by atoms with Gasteiger partial charge in [-0.15, -0.1) is 0 Å². The number of halogens is 2.